The molecule has 178 valence electrons. The summed E-state index contributed by atoms with van der Waals surface area (Å²) in [4.78, 5) is 27.3. The van der Waals surface area contributed by atoms with Gasteiger partial charge < -0.3 is 20.3 Å². The molecule has 6 nitrogen and oxygen atoms in total. The number of piperidine rings is 1. The molecule has 3 amide bonds. The molecule has 1 atom stereocenters. The molecule has 2 aromatic rings. The minimum atomic E-state index is -0.0681. The summed E-state index contributed by atoms with van der Waals surface area (Å²) in [6.45, 7) is 8.74. The van der Waals surface area contributed by atoms with E-state index in [1.165, 1.54) is 5.56 Å². The van der Waals surface area contributed by atoms with Gasteiger partial charge in [0, 0.05) is 43.4 Å². The molecule has 0 radical (unpaired) electrons. The van der Waals surface area contributed by atoms with E-state index >= 15 is 0 Å². The molecule has 0 aromatic heterocycles. The first-order chi connectivity index (χ1) is 16.0. The number of carbonyl (C=O) groups is 2. The van der Waals surface area contributed by atoms with Crippen molar-refractivity contribution in [2.45, 2.75) is 58.5 Å². The topological polar surface area (TPSA) is 70.7 Å². The van der Waals surface area contributed by atoms with E-state index in [-0.39, 0.29) is 24.0 Å². The molecular weight excluding hydrogens is 414 g/mol. The van der Waals surface area contributed by atoms with Gasteiger partial charge in [-0.15, -0.1) is 0 Å². The molecule has 0 saturated carbocycles. The zero-order valence-electron chi connectivity index (χ0n) is 20.1. The minimum Gasteiger partial charge on any atom is -0.379 e. The number of ether oxygens (including phenoxy) is 1. The van der Waals surface area contributed by atoms with Crippen molar-refractivity contribution in [3.63, 3.8) is 0 Å². The smallest absolute Gasteiger partial charge is 0.321 e. The predicted molar refractivity (Wildman–Crippen MR) is 133 cm³/mol. The van der Waals surface area contributed by atoms with Crippen LogP contribution < -0.4 is 10.6 Å². The van der Waals surface area contributed by atoms with Crippen molar-refractivity contribution in [3.05, 3.63) is 65.2 Å². The first-order valence-electron chi connectivity index (χ1n) is 12.1. The van der Waals surface area contributed by atoms with Gasteiger partial charge in [0.25, 0.3) is 5.91 Å². The number of carbonyl (C=O) groups excluding carboxylic acids is 2. The summed E-state index contributed by atoms with van der Waals surface area (Å²) in [5.41, 5.74) is 3.83. The number of hydrogen-bond acceptors (Lipinski definition) is 3. The predicted octanol–water partition coefficient (Wildman–Crippen LogP) is 5.21. The van der Waals surface area contributed by atoms with E-state index in [1.807, 2.05) is 61.2 Å². The number of urea groups is 1. The lowest BCUT2D eigenvalue weighted by Gasteiger charge is -2.33. The maximum Gasteiger partial charge on any atom is 0.321 e. The van der Waals surface area contributed by atoms with E-state index in [4.69, 9.17) is 4.74 Å². The Balaban J connectivity index is 1.54. The highest BCUT2D eigenvalue weighted by Crippen LogP contribution is 2.28. The van der Waals surface area contributed by atoms with Gasteiger partial charge in [-0.1, -0.05) is 31.2 Å². The van der Waals surface area contributed by atoms with Crippen molar-refractivity contribution in [1.29, 1.82) is 0 Å². The fourth-order valence-corrected chi connectivity index (χ4v) is 4.09. The highest BCUT2D eigenvalue weighted by molar-refractivity contribution is 5.94. The largest absolute Gasteiger partial charge is 0.379 e. The van der Waals surface area contributed by atoms with Gasteiger partial charge in [-0.2, -0.15) is 0 Å². The summed E-state index contributed by atoms with van der Waals surface area (Å²) >= 11 is 0. The first-order valence-corrected chi connectivity index (χ1v) is 12.1. The van der Waals surface area contributed by atoms with Gasteiger partial charge in [-0.25, -0.2) is 4.79 Å². The summed E-state index contributed by atoms with van der Waals surface area (Å²) in [5.74, 6) is 0.154. The fraction of sp³-hybridized carbons (Fsp3) is 0.481. The maximum absolute atomic E-state index is 12.8. The van der Waals surface area contributed by atoms with Gasteiger partial charge in [-0.05, 0) is 74.9 Å². The molecule has 0 bridgehead atoms. The zero-order valence-corrected chi connectivity index (χ0v) is 20.1. The molecule has 2 N–H and O–H groups in total. The van der Waals surface area contributed by atoms with E-state index in [1.54, 1.807) is 0 Å². The van der Waals surface area contributed by atoms with Crippen LogP contribution in [0.2, 0.25) is 0 Å². The summed E-state index contributed by atoms with van der Waals surface area (Å²) in [5, 5.41) is 5.99. The number of rotatable bonds is 9. The van der Waals surface area contributed by atoms with Gasteiger partial charge >= 0.3 is 6.03 Å². The third-order valence-corrected chi connectivity index (χ3v) is 6.00. The summed E-state index contributed by atoms with van der Waals surface area (Å²) in [7, 11) is 0. The van der Waals surface area contributed by atoms with Gasteiger partial charge in [0.15, 0.2) is 0 Å². The number of nitrogens with one attached hydrogen (secondary N) is 2. The number of benzene rings is 2. The molecule has 0 aliphatic carbocycles. The number of amides is 3. The van der Waals surface area contributed by atoms with E-state index in [0.29, 0.717) is 25.3 Å². The standard InChI is InChI=1S/C27H37N3O3/c1-4-21-11-13-25(14-12-21)29-27(32)30-16-6-10-24(19-30)22-8-5-9-23(18-22)26(31)28-15-7-17-33-20(2)3/h5,8-9,11-14,18,20,24H,4,6-7,10,15-17,19H2,1-3H3,(H,28,31)(H,29,32)/t24-/m1/s1. The number of anilines is 1. The van der Waals surface area contributed by atoms with Crippen molar-refractivity contribution in [1.82, 2.24) is 10.2 Å². The number of hydrogen-bond donors (Lipinski definition) is 2. The van der Waals surface area contributed by atoms with Crippen LogP contribution in [0.25, 0.3) is 0 Å². The Morgan fingerprint density at radius 3 is 2.67 bits per heavy atom. The molecule has 0 unspecified atom stereocenters. The molecule has 33 heavy (non-hydrogen) atoms. The molecule has 1 heterocycles. The second kappa shape index (κ2) is 12.4. The fourth-order valence-electron chi connectivity index (χ4n) is 4.09. The first kappa shape index (κ1) is 24.8. The van der Waals surface area contributed by atoms with Crippen molar-refractivity contribution in [3.8, 4) is 0 Å². The lowest BCUT2D eigenvalue weighted by Crippen LogP contribution is -2.41. The van der Waals surface area contributed by atoms with E-state index in [2.05, 4.69) is 23.6 Å². The van der Waals surface area contributed by atoms with Gasteiger partial charge in [0.2, 0.25) is 0 Å². The Morgan fingerprint density at radius 1 is 1.15 bits per heavy atom. The van der Waals surface area contributed by atoms with Crippen LogP contribution in [-0.2, 0) is 11.2 Å². The zero-order chi connectivity index (χ0) is 23.6. The van der Waals surface area contributed by atoms with Gasteiger partial charge in [0.1, 0.15) is 0 Å². The van der Waals surface area contributed by atoms with Crippen LogP contribution in [-0.4, -0.2) is 49.2 Å². The quantitative estimate of drug-likeness (QED) is 0.515. The third kappa shape index (κ3) is 7.60. The minimum absolute atomic E-state index is 0.0673. The van der Waals surface area contributed by atoms with Crippen LogP contribution in [0.3, 0.4) is 0 Å². The van der Waals surface area contributed by atoms with Crippen molar-refractivity contribution >= 4 is 17.6 Å². The van der Waals surface area contributed by atoms with Crippen LogP contribution in [0.5, 0.6) is 0 Å². The van der Waals surface area contributed by atoms with Crippen LogP contribution >= 0.6 is 0 Å². The lowest BCUT2D eigenvalue weighted by molar-refractivity contribution is 0.0757. The Labute approximate surface area is 197 Å². The average molecular weight is 452 g/mol. The van der Waals surface area contributed by atoms with E-state index < -0.39 is 0 Å². The van der Waals surface area contributed by atoms with E-state index in [0.717, 1.165) is 43.5 Å². The third-order valence-electron chi connectivity index (χ3n) is 6.00. The van der Waals surface area contributed by atoms with Gasteiger partial charge in [-0.3, -0.25) is 4.79 Å². The second-order valence-corrected chi connectivity index (χ2v) is 8.92. The second-order valence-electron chi connectivity index (χ2n) is 8.92. The molecule has 1 fully saturated rings. The summed E-state index contributed by atoms with van der Waals surface area (Å²) in [6.07, 6.45) is 3.92. The number of nitrogens with zero attached hydrogens (tertiary/aromatic N) is 1. The summed E-state index contributed by atoms with van der Waals surface area (Å²) < 4.78 is 5.52. The molecule has 1 aliphatic heterocycles. The van der Waals surface area contributed by atoms with E-state index in [9.17, 15) is 9.59 Å². The normalized spacial score (nSPS) is 16.0. The molecule has 1 aliphatic rings. The van der Waals surface area contributed by atoms with Crippen molar-refractivity contribution in [2.75, 3.05) is 31.6 Å². The highest BCUT2D eigenvalue weighted by atomic mass is 16.5. The lowest BCUT2D eigenvalue weighted by atomic mass is 9.89. The van der Waals surface area contributed by atoms with Gasteiger partial charge in [0.05, 0.1) is 6.10 Å². The molecule has 1 saturated heterocycles. The monoisotopic (exact) mass is 451 g/mol. The molecular formula is C27H37N3O3. The van der Waals surface area contributed by atoms with Crippen LogP contribution in [0.1, 0.15) is 67.4 Å². The summed E-state index contributed by atoms with van der Waals surface area (Å²) in [6, 6.07) is 15.7. The average Bonchev–Trinajstić information content (AvgIpc) is 2.84. The van der Waals surface area contributed by atoms with Crippen LogP contribution in [0.15, 0.2) is 48.5 Å². The molecule has 6 heteroatoms. The Bertz CT molecular complexity index is 911. The van der Waals surface area contributed by atoms with Crippen molar-refractivity contribution in [2.24, 2.45) is 0 Å². The molecule has 2 aromatic carbocycles. The van der Waals surface area contributed by atoms with Crippen LogP contribution in [0.4, 0.5) is 10.5 Å². The molecule has 3 rings (SSSR count). The Kier molecular flexibility index (Phi) is 9.31. The highest BCUT2D eigenvalue weighted by Gasteiger charge is 2.25. The number of aryl methyl sites for hydroxylation is 1. The SMILES string of the molecule is CCc1ccc(NC(=O)N2CCC[C@@H](c3cccc(C(=O)NCCCOC(C)C)c3)C2)cc1. The van der Waals surface area contributed by atoms with Crippen molar-refractivity contribution < 1.29 is 14.3 Å². The molecule has 0 spiro atoms. The maximum atomic E-state index is 12.8. The van der Waals surface area contributed by atoms with Crippen LogP contribution in [0, 0.1) is 0 Å². The Hall–Kier alpha value is -2.86. The number of likely N-dealkylation sites (tertiary alicyclic amines) is 1. The Morgan fingerprint density at radius 2 is 1.94 bits per heavy atom.